The predicted molar refractivity (Wildman–Crippen MR) is 86.2 cm³/mol. The first-order valence-electron chi connectivity index (χ1n) is 7.81. The van der Waals surface area contributed by atoms with E-state index in [1.54, 1.807) is 6.07 Å². The Kier molecular flexibility index (Phi) is 5.11. The Morgan fingerprint density at radius 2 is 2.00 bits per heavy atom. The Morgan fingerprint density at radius 3 is 2.60 bits per heavy atom. The van der Waals surface area contributed by atoms with Crippen LogP contribution in [0.3, 0.4) is 0 Å². The molecule has 0 radical (unpaired) electrons. The van der Waals surface area contributed by atoms with Gasteiger partial charge in [-0.2, -0.15) is 0 Å². The maximum absolute atomic E-state index is 10.1. The Morgan fingerprint density at radius 1 is 1.30 bits per heavy atom. The minimum absolute atomic E-state index is 0.349. The van der Waals surface area contributed by atoms with Crippen molar-refractivity contribution >= 4 is 5.69 Å². The lowest BCUT2D eigenvalue weighted by atomic mass is 9.79. The van der Waals surface area contributed by atoms with Crippen LogP contribution in [0.25, 0.3) is 0 Å². The van der Waals surface area contributed by atoms with Gasteiger partial charge in [-0.3, -0.25) is 0 Å². The summed E-state index contributed by atoms with van der Waals surface area (Å²) in [6.45, 7) is 8.22. The average Bonchev–Trinajstić information content (AvgIpc) is 2.47. The zero-order chi connectivity index (χ0) is 14.5. The molecule has 0 aromatic heterocycles. The van der Waals surface area contributed by atoms with Crippen molar-refractivity contribution in [3.05, 3.63) is 36.4 Å². The van der Waals surface area contributed by atoms with Gasteiger partial charge in [-0.15, -0.1) is 6.58 Å². The maximum atomic E-state index is 10.1. The van der Waals surface area contributed by atoms with E-state index in [2.05, 4.69) is 18.8 Å². The zero-order valence-corrected chi connectivity index (χ0v) is 12.7. The molecule has 110 valence electrons. The summed E-state index contributed by atoms with van der Waals surface area (Å²) in [7, 11) is 0. The first-order chi connectivity index (χ1) is 9.63. The highest BCUT2D eigenvalue weighted by atomic mass is 16.3. The van der Waals surface area contributed by atoms with Crippen LogP contribution in [0.15, 0.2) is 30.9 Å². The van der Waals surface area contributed by atoms with Gasteiger partial charge >= 0.3 is 0 Å². The molecule has 1 aliphatic rings. The molecular weight excluding hydrogens is 246 g/mol. The first kappa shape index (κ1) is 15.0. The van der Waals surface area contributed by atoms with E-state index in [1.165, 1.54) is 32.1 Å². The molecule has 2 heteroatoms. The molecule has 2 rings (SSSR count). The molecule has 2 N–H and O–H groups in total. The molecule has 0 unspecified atom stereocenters. The molecule has 1 aliphatic carbocycles. The largest absolute Gasteiger partial charge is 0.506 e. The predicted octanol–water partition coefficient (Wildman–Crippen LogP) is 4.88. The maximum Gasteiger partial charge on any atom is 0.138 e. The second-order valence-electron chi connectivity index (χ2n) is 6.13. The van der Waals surface area contributed by atoms with Gasteiger partial charge in [-0.25, -0.2) is 0 Å². The van der Waals surface area contributed by atoms with E-state index >= 15 is 0 Å². The smallest absolute Gasteiger partial charge is 0.138 e. The van der Waals surface area contributed by atoms with Crippen LogP contribution in [-0.2, 0) is 0 Å². The lowest BCUT2D eigenvalue weighted by Gasteiger charge is -2.35. The number of benzene rings is 1. The Bertz CT molecular complexity index is 428. The van der Waals surface area contributed by atoms with Crippen LogP contribution in [0, 0.1) is 18.8 Å². The number of aromatic hydroxyl groups is 1. The van der Waals surface area contributed by atoms with Crippen LogP contribution >= 0.6 is 0 Å². The van der Waals surface area contributed by atoms with Gasteiger partial charge in [0.15, 0.2) is 0 Å². The molecule has 2 nitrogen and oxygen atoms in total. The standard InChI is InChI=1S/C18H27NO/c1-4-13(2)17(15-10-6-5-7-11-15)19-18-14(3)9-8-12-16(18)20/h4,8-9,12-13,15,17,19-20H,1,5-7,10-11H2,2-3H3/t13-,17+/m1/s1. The highest BCUT2D eigenvalue weighted by molar-refractivity contribution is 5.61. The lowest BCUT2D eigenvalue weighted by molar-refractivity contribution is 0.288. The first-order valence-corrected chi connectivity index (χ1v) is 7.81. The average molecular weight is 273 g/mol. The lowest BCUT2D eigenvalue weighted by Crippen LogP contribution is -2.36. The molecule has 1 saturated carbocycles. The van der Waals surface area contributed by atoms with Crippen molar-refractivity contribution in [3.63, 3.8) is 0 Å². The highest BCUT2D eigenvalue weighted by Gasteiger charge is 2.27. The van der Waals surface area contributed by atoms with Crippen LogP contribution in [0.2, 0.25) is 0 Å². The molecule has 2 atom stereocenters. The van der Waals surface area contributed by atoms with E-state index in [4.69, 9.17) is 0 Å². The molecule has 0 spiro atoms. The van der Waals surface area contributed by atoms with Gasteiger partial charge in [0.1, 0.15) is 5.75 Å². The van der Waals surface area contributed by atoms with Crippen LogP contribution in [0.5, 0.6) is 5.75 Å². The number of para-hydroxylation sites is 1. The molecule has 1 aromatic rings. The number of nitrogens with one attached hydrogen (secondary N) is 1. The monoisotopic (exact) mass is 273 g/mol. The topological polar surface area (TPSA) is 32.3 Å². The second-order valence-corrected chi connectivity index (χ2v) is 6.13. The number of phenolic OH excluding ortho intramolecular Hbond substituents is 1. The normalized spacial score (nSPS) is 19.3. The molecule has 0 amide bonds. The molecule has 0 aliphatic heterocycles. The summed E-state index contributed by atoms with van der Waals surface area (Å²) in [4.78, 5) is 0. The van der Waals surface area contributed by atoms with Crippen molar-refractivity contribution in [1.82, 2.24) is 0 Å². The summed E-state index contributed by atoms with van der Waals surface area (Å²) in [5.74, 6) is 1.43. The van der Waals surface area contributed by atoms with E-state index in [-0.39, 0.29) is 0 Å². The van der Waals surface area contributed by atoms with Gasteiger partial charge in [0.05, 0.1) is 5.69 Å². The van der Waals surface area contributed by atoms with Gasteiger partial charge in [-0.05, 0) is 43.2 Å². The number of rotatable bonds is 5. The van der Waals surface area contributed by atoms with E-state index < -0.39 is 0 Å². The van der Waals surface area contributed by atoms with Crippen LogP contribution in [0.1, 0.15) is 44.6 Å². The number of aryl methyl sites for hydroxylation is 1. The van der Waals surface area contributed by atoms with Crippen LogP contribution in [0.4, 0.5) is 5.69 Å². The molecule has 20 heavy (non-hydrogen) atoms. The SMILES string of the molecule is C=C[C@@H](C)[C@H](Nc1c(C)cccc1O)C1CCCCC1. The van der Waals surface area contributed by atoms with Crippen molar-refractivity contribution in [2.24, 2.45) is 11.8 Å². The van der Waals surface area contributed by atoms with Crippen LogP contribution in [-0.4, -0.2) is 11.1 Å². The van der Waals surface area contributed by atoms with Gasteiger partial charge < -0.3 is 10.4 Å². The number of phenols is 1. The van der Waals surface area contributed by atoms with Crippen LogP contribution < -0.4 is 5.32 Å². The summed E-state index contributed by atoms with van der Waals surface area (Å²) < 4.78 is 0. The Labute approximate surface area is 122 Å². The third-order valence-electron chi connectivity index (χ3n) is 4.66. The van der Waals surface area contributed by atoms with Crippen molar-refractivity contribution < 1.29 is 5.11 Å². The van der Waals surface area contributed by atoms with Crippen molar-refractivity contribution in [2.45, 2.75) is 52.0 Å². The summed E-state index contributed by atoms with van der Waals surface area (Å²) in [5.41, 5.74) is 1.99. The summed E-state index contributed by atoms with van der Waals surface area (Å²) in [6.07, 6.45) is 8.60. The molecule has 0 bridgehead atoms. The fourth-order valence-corrected chi connectivity index (χ4v) is 3.33. The number of hydrogen-bond donors (Lipinski definition) is 2. The van der Waals surface area contributed by atoms with Gasteiger partial charge in [0.2, 0.25) is 0 Å². The Balaban J connectivity index is 2.21. The summed E-state index contributed by atoms with van der Waals surface area (Å²) >= 11 is 0. The highest BCUT2D eigenvalue weighted by Crippen LogP contribution is 2.35. The molecule has 0 heterocycles. The second kappa shape index (κ2) is 6.83. The number of hydrogen-bond acceptors (Lipinski definition) is 2. The van der Waals surface area contributed by atoms with Gasteiger partial charge in [0, 0.05) is 6.04 Å². The Hall–Kier alpha value is -1.44. The fraction of sp³-hybridized carbons (Fsp3) is 0.556. The quantitative estimate of drug-likeness (QED) is 0.591. The van der Waals surface area contributed by atoms with Gasteiger partial charge in [-0.1, -0.05) is 44.4 Å². The van der Waals surface area contributed by atoms with Crippen molar-refractivity contribution in [3.8, 4) is 5.75 Å². The van der Waals surface area contributed by atoms with Crippen molar-refractivity contribution in [1.29, 1.82) is 0 Å². The molecular formula is C18H27NO. The molecule has 0 saturated heterocycles. The molecule has 1 aromatic carbocycles. The van der Waals surface area contributed by atoms with E-state index in [9.17, 15) is 5.11 Å². The summed E-state index contributed by atoms with van der Waals surface area (Å²) in [6, 6.07) is 6.05. The minimum Gasteiger partial charge on any atom is -0.506 e. The number of anilines is 1. The fourth-order valence-electron chi connectivity index (χ4n) is 3.33. The zero-order valence-electron chi connectivity index (χ0n) is 12.7. The van der Waals surface area contributed by atoms with E-state index in [0.717, 1.165) is 11.3 Å². The summed E-state index contributed by atoms with van der Waals surface area (Å²) in [5, 5.41) is 13.7. The van der Waals surface area contributed by atoms with E-state index in [0.29, 0.717) is 23.6 Å². The van der Waals surface area contributed by atoms with Gasteiger partial charge in [0.25, 0.3) is 0 Å². The molecule has 1 fully saturated rings. The third kappa shape index (κ3) is 3.36. The third-order valence-corrected chi connectivity index (χ3v) is 4.66. The minimum atomic E-state index is 0.349. The van der Waals surface area contributed by atoms with E-state index in [1.807, 2.05) is 25.1 Å². The van der Waals surface area contributed by atoms with Crippen molar-refractivity contribution in [2.75, 3.05) is 5.32 Å².